The van der Waals surface area contributed by atoms with Gasteiger partial charge in [0, 0.05) is 11.8 Å². The number of aryl methyl sites for hydroxylation is 1. The van der Waals surface area contributed by atoms with Gasteiger partial charge in [-0.1, -0.05) is 12.1 Å². The third-order valence-electron chi connectivity index (χ3n) is 3.39. The zero-order valence-corrected chi connectivity index (χ0v) is 12.5. The lowest BCUT2D eigenvalue weighted by Gasteiger charge is -2.18. The largest absolute Gasteiger partial charge is 0.389 e. The van der Waals surface area contributed by atoms with Crippen LogP contribution in [0.2, 0.25) is 0 Å². The Bertz CT molecular complexity index is 767. The number of aromatic nitrogens is 3. The first-order chi connectivity index (χ1) is 9.92. The predicted molar refractivity (Wildman–Crippen MR) is 84.0 cm³/mol. The molecule has 21 heavy (non-hydrogen) atoms. The van der Waals surface area contributed by atoms with Crippen LogP contribution in [-0.4, -0.2) is 25.2 Å². The van der Waals surface area contributed by atoms with Gasteiger partial charge in [0.1, 0.15) is 0 Å². The molecule has 0 unspecified atom stereocenters. The van der Waals surface area contributed by atoms with Gasteiger partial charge < -0.3 is 9.67 Å². The Kier molecular flexibility index (Phi) is 3.26. The van der Waals surface area contributed by atoms with Gasteiger partial charge in [0.15, 0.2) is 0 Å². The van der Waals surface area contributed by atoms with Crippen molar-refractivity contribution in [3.63, 3.8) is 0 Å². The van der Waals surface area contributed by atoms with Crippen molar-refractivity contribution in [3.8, 4) is 11.3 Å². The minimum Gasteiger partial charge on any atom is -0.389 e. The Labute approximate surface area is 124 Å². The van der Waals surface area contributed by atoms with Gasteiger partial charge in [-0.05, 0) is 44.5 Å². The summed E-state index contributed by atoms with van der Waals surface area (Å²) < 4.78 is 1.98. The number of aliphatic hydroxyl groups is 1. The molecule has 4 nitrogen and oxygen atoms in total. The van der Waals surface area contributed by atoms with Gasteiger partial charge in [-0.3, -0.25) is 4.98 Å². The molecular formula is C17H19N3O. The lowest BCUT2D eigenvalue weighted by molar-refractivity contribution is 0.0627. The van der Waals surface area contributed by atoms with Crippen LogP contribution in [0.15, 0.2) is 42.9 Å². The third kappa shape index (κ3) is 2.95. The van der Waals surface area contributed by atoms with Gasteiger partial charge in [-0.2, -0.15) is 0 Å². The molecule has 108 valence electrons. The highest BCUT2D eigenvalue weighted by Crippen LogP contribution is 2.23. The lowest BCUT2D eigenvalue weighted by atomic mass is 10.1. The quantitative estimate of drug-likeness (QED) is 0.802. The number of imidazole rings is 1. The summed E-state index contributed by atoms with van der Waals surface area (Å²) in [5.41, 5.74) is 4.31. The van der Waals surface area contributed by atoms with Crippen LogP contribution in [0.1, 0.15) is 19.4 Å². The SMILES string of the molecule is Cc1ccc(-c2ccc3ncn(CC(C)(C)O)c3c2)nc1. The van der Waals surface area contributed by atoms with E-state index in [1.807, 2.05) is 35.9 Å². The minimum atomic E-state index is -0.772. The average Bonchev–Trinajstić information content (AvgIpc) is 2.80. The fraction of sp³-hybridized carbons (Fsp3) is 0.294. The first-order valence-corrected chi connectivity index (χ1v) is 7.03. The van der Waals surface area contributed by atoms with E-state index in [9.17, 15) is 5.11 Å². The summed E-state index contributed by atoms with van der Waals surface area (Å²) in [6.07, 6.45) is 3.64. The summed E-state index contributed by atoms with van der Waals surface area (Å²) in [5, 5.41) is 10.0. The molecule has 0 amide bonds. The summed E-state index contributed by atoms with van der Waals surface area (Å²) >= 11 is 0. The van der Waals surface area contributed by atoms with Gasteiger partial charge in [-0.25, -0.2) is 4.98 Å². The average molecular weight is 281 g/mol. The Balaban J connectivity index is 2.06. The highest BCUT2D eigenvalue weighted by molar-refractivity contribution is 5.81. The van der Waals surface area contributed by atoms with E-state index < -0.39 is 5.60 Å². The molecule has 4 heteroatoms. The summed E-state index contributed by atoms with van der Waals surface area (Å²) in [4.78, 5) is 8.85. The van der Waals surface area contributed by atoms with Crippen molar-refractivity contribution in [1.82, 2.24) is 14.5 Å². The molecule has 0 saturated carbocycles. The van der Waals surface area contributed by atoms with E-state index >= 15 is 0 Å². The summed E-state index contributed by atoms with van der Waals surface area (Å²) in [6.45, 7) is 6.13. The number of nitrogens with zero attached hydrogens (tertiary/aromatic N) is 3. The molecule has 0 aliphatic carbocycles. The molecule has 0 aliphatic rings. The molecular weight excluding hydrogens is 262 g/mol. The van der Waals surface area contributed by atoms with E-state index in [0.717, 1.165) is 27.9 Å². The van der Waals surface area contributed by atoms with Gasteiger partial charge >= 0.3 is 0 Å². The summed E-state index contributed by atoms with van der Waals surface area (Å²) in [7, 11) is 0. The van der Waals surface area contributed by atoms with Crippen LogP contribution >= 0.6 is 0 Å². The predicted octanol–water partition coefficient (Wildman–Crippen LogP) is 3.18. The topological polar surface area (TPSA) is 50.9 Å². The van der Waals surface area contributed by atoms with E-state index in [2.05, 4.69) is 22.1 Å². The normalized spacial score (nSPS) is 12.0. The fourth-order valence-electron chi connectivity index (χ4n) is 2.40. The number of hydrogen-bond donors (Lipinski definition) is 1. The first kappa shape index (κ1) is 13.8. The number of pyridine rings is 1. The standard InChI is InChI=1S/C17H19N3O/c1-12-4-6-14(18-9-12)13-5-7-15-16(8-13)20(11-19-15)10-17(2,3)21/h4-9,11,21H,10H2,1-3H3. The Hall–Kier alpha value is -2.20. The maximum atomic E-state index is 10.0. The van der Waals surface area contributed by atoms with Crippen LogP contribution in [0.4, 0.5) is 0 Å². The van der Waals surface area contributed by atoms with E-state index in [1.165, 1.54) is 0 Å². The number of benzene rings is 1. The number of fused-ring (bicyclic) bond motifs is 1. The molecule has 0 saturated heterocycles. The van der Waals surface area contributed by atoms with Crippen molar-refractivity contribution in [2.45, 2.75) is 32.9 Å². The zero-order valence-electron chi connectivity index (χ0n) is 12.5. The molecule has 3 rings (SSSR count). The van der Waals surface area contributed by atoms with Crippen LogP contribution in [0.3, 0.4) is 0 Å². The Morgan fingerprint density at radius 1 is 1.14 bits per heavy atom. The molecule has 0 bridgehead atoms. The van der Waals surface area contributed by atoms with Crippen LogP contribution in [0.5, 0.6) is 0 Å². The van der Waals surface area contributed by atoms with Crippen molar-refractivity contribution in [2.75, 3.05) is 0 Å². The third-order valence-corrected chi connectivity index (χ3v) is 3.39. The number of rotatable bonds is 3. The minimum absolute atomic E-state index is 0.508. The molecule has 3 aromatic rings. The maximum Gasteiger partial charge on any atom is 0.0959 e. The van der Waals surface area contributed by atoms with Crippen molar-refractivity contribution >= 4 is 11.0 Å². The van der Waals surface area contributed by atoms with Gasteiger partial charge in [0.25, 0.3) is 0 Å². The molecule has 1 N–H and O–H groups in total. The second-order valence-corrected chi connectivity index (χ2v) is 6.11. The van der Waals surface area contributed by atoms with Gasteiger partial charge in [-0.15, -0.1) is 0 Å². The fourth-order valence-corrected chi connectivity index (χ4v) is 2.40. The Morgan fingerprint density at radius 3 is 2.62 bits per heavy atom. The smallest absolute Gasteiger partial charge is 0.0959 e. The molecule has 0 atom stereocenters. The van der Waals surface area contributed by atoms with E-state index in [1.54, 1.807) is 20.2 Å². The first-order valence-electron chi connectivity index (χ1n) is 7.03. The van der Waals surface area contributed by atoms with Crippen LogP contribution in [-0.2, 0) is 6.54 Å². The number of hydrogen-bond acceptors (Lipinski definition) is 3. The van der Waals surface area contributed by atoms with E-state index in [0.29, 0.717) is 6.54 Å². The van der Waals surface area contributed by atoms with Crippen LogP contribution < -0.4 is 0 Å². The highest BCUT2D eigenvalue weighted by atomic mass is 16.3. The zero-order chi connectivity index (χ0) is 15.0. The second-order valence-electron chi connectivity index (χ2n) is 6.11. The monoisotopic (exact) mass is 281 g/mol. The summed E-state index contributed by atoms with van der Waals surface area (Å²) in [6, 6.07) is 10.2. The molecule has 0 fully saturated rings. The Morgan fingerprint density at radius 2 is 1.95 bits per heavy atom. The van der Waals surface area contributed by atoms with Crippen molar-refractivity contribution < 1.29 is 5.11 Å². The molecule has 0 aliphatic heterocycles. The van der Waals surface area contributed by atoms with E-state index in [-0.39, 0.29) is 0 Å². The van der Waals surface area contributed by atoms with Crippen molar-refractivity contribution in [3.05, 3.63) is 48.4 Å². The molecule has 2 heterocycles. The molecule has 0 radical (unpaired) electrons. The maximum absolute atomic E-state index is 10.0. The van der Waals surface area contributed by atoms with E-state index in [4.69, 9.17) is 0 Å². The molecule has 0 spiro atoms. The molecule has 2 aromatic heterocycles. The van der Waals surface area contributed by atoms with Gasteiger partial charge in [0.05, 0.1) is 35.2 Å². The van der Waals surface area contributed by atoms with Gasteiger partial charge in [0.2, 0.25) is 0 Å². The summed E-state index contributed by atoms with van der Waals surface area (Å²) in [5.74, 6) is 0. The van der Waals surface area contributed by atoms with Crippen LogP contribution in [0, 0.1) is 6.92 Å². The lowest BCUT2D eigenvalue weighted by Crippen LogP contribution is -2.25. The molecule has 1 aromatic carbocycles. The second kappa shape index (κ2) is 4.97. The van der Waals surface area contributed by atoms with Crippen LogP contribution in [0.25, 0.3) is 22.3 Å². The van der Waals surface area contributed by atoms with Crippen molar-refractivity contribution in [2.24, 2.45) is 0 Å². The van der Waals surface area contributed by atoms with Crippen molar-refractivity contribution in [1.29, 1.82) is 0 Å². The highest BCUT2D eigenvalue weighted by Gasteiger charge is 2.15.